The molecule has 10 rings (SSSR count). The first-order valence-corrected chi connectivity index (χ1v) is 18.7. The Morgan fingerprint density at radius 3 is 1.73 bits per heavy atom. The van der Waals surface area contributed by atoms with E-state index < -0.39 is 0 Å². The Hall–Kier alpha value is -7.04. The third-order valence-corrected chi connectivity index (χ3v) is 10.6. The van der Waals surface area contributed by atoms with Gasteiger partial charge in [0, 0.05) is 33.9 Å². The van der Waals surface area contributed by atoms with E-state index in [2.05, 4.69) is 116 Å². The van der Waals surface area contributed by atoms with E-state index in [1.54, 1.807) is 0 Å². The number of fused-ring (bicyclic) bond motifs is 4. The second kappa shape index (κ2) is 13.1. The van der Waals surface area contributed by atoms with Crippen molar-refractivity contribution in [3.63, 3.8) is 0 Å². The molecule has 55 heavy (non-hydrogen) atoms. The van der Waals surface area contributed by atoms with Gasteiger partial charge in [0.1, 0.15) is 0 Å². The van der Waals surface area contributed by atoms with Crippen molar-refractivity contribution in [3.8, 4) is 67.7 Å². The maximum absolute atomic E-state index is 5.12. The van der Waals surface area contributed by atoms with Crippen molar-refractivity contribution in [1.82, 2.24) is 19.9 Å². The number of aromatic nitrogens is 4. The first-order chi connectivity index (χ1) is 26.9. The minimum atomic E-state index is 0.0285. The number of hydrogen-bond acceptors (Lipinski definition) is 4. The van der Waals surface area contributed by atoms with Crippen molar-refractivity contribution in [2.24, 2.45) is 5.41 Å². The lowest BCUT2D eigenvalue weighted by Crippen LogP contribution is -2.23. The topological polar surface area (TPSA) is 51.6 Å². The maximum atomic E-state index is 5.12. The zero-order chi connectivity index (χ0) is 36.9. The van der Waals surface area contributed by atoms with Crippen LogP contribution in [0, 0.1) is 5.41 Å². The van der Waals surface area contributed by atoms with Crippen molar-refractivity contribution in [2.75, 3.05) is 0 Å². The molecule has 0 amide bonds. The highest BCUT2D eigenvalue weighted by Crippen LogP contribution is 2.36. The standard InChI is InChI=1S/C51H36N4/c1-51(2)25-24-44-43(32-51)27-39-23-19-34-18-22-38(31-45(34)47(39)44)41-28-40(33-16-20-35(21-17-33)46-15-9-10-26-52-46)29-42(30-41)50-54-48(36-11-5-3-6-12-36)53-49(55-50)37-13-7-4-8-14-37/h3-32H,1-2H3. The molecule has 8 aromatic rings. The third-order valence-electron chi connectivity index (χ3n) is 10.6. The van der Waals surface area contributed by atoms with Gasteiger partial charge in [-0.05, 0) is 97.1 Å². The Labute approximate surface area is 320 Å². The minimum Gasteiger partial charge on any atom is -0.256 e. The van der Waals surface area contributed by atoms with Crippen LogP contribution in [0.4, 0.5) is 0 Å². The smallest absolute Gasteiger partial charge is 0.164 e. The fourth-order valence-corrected chi connectivity index (χ4v) is 7.77. The van der Waals surface area contributed by atoms with Crippen LogP contribution in [0.5, 0.6) is 0 Å². The van der Waals surface area contributed by atoms with Crippen molar-refractivity contribution in [1.29, 1.82) is 0 Å². The quantitative estimate of drug-likeness (QED) is 0.173. The molecular formula is C51H36N4. The Morgan fingerprint density at radius 2 is 1.05 bits per heavy atom. The van der Waals surface area contributed by atoms with Crippen LogP contribution >= 0.6 is 0 Å². The molecule has 0 radical (unpaired) electrons. The second-order valence-electron chi connectivity index (χ2n) is 14.9. The highest BCUT2D eigenvalue weighted by atomic mass is 15.0. The number of rotatable bonds is 6. The highest BCUT2D eigenvalue weighted by molar-refractivity contribution is 5.98. The number of allylic oxidation sites excluding steroid dienone is 4. The molecule has 0 aliphatic heterocycles. The lowest BCUT2D eigenvalue weighted by Gasteiger charge is -2.21. The molecule has 2 aliphatic carbocycles. The first kappa shape index (κ1) is 32.6. The van der Waals surface area contributed by atoms with Crippen LogP contribution < -0.4 is 10.4 Å². The van der Waals surface area contributed by atoms with Gasteiger partial charge in [0.25, 0.3) is 0 Å². The SMILES string of the molecule is CC1(C)C=CC2=c3c(ccc4ccc(-c5cc(-c6ccc(-c7ccccn7)cc6)cc(-c6nc(-c7ccccc7)nc(-c7ccccc7)n6)c5)cc34)=CC2=C1. The molecule has 2 aliphatic rings. The molecule has 0 unspecified atom stereocenters. The van der Waals surface area contributed by atoms with E-state index in [4.69, 9.17) is 15.0 Å². The van der Waals surface area contributed by atoms with Gasteiger partial charge in [-0.2, -0.15) is 0 Å². The minimum absolute atomic E-state index is 0.0285. The van der Waals surface area contributed by atoms with E-state index in [0.29, 0.717) is 17.5 Å². The summed E-state index contributed by atoms with van der Waals surface area (Å²) in [5.74, 6) is 1.90. The van der Waals surface area contributed by atoms with Gasteiger partial charge in [-0.1, -0.05) is 147 Å². The van der Waals surface area contributed by atoms with Crippen molar-refractivity contribution < 1.29 is 0 Å². The van der Waals surface area contributed by atoms with E-state index in [9.17, 15) is 0 Å². The van der Waals surface area contributed by atoms with Crippen molar-refractivity contribution in [3.05, 3.63) is 192 Å². The molecule has 2 aromatic heterocycles. The molecule has 6 aromatic carbocycles. The molecule has 4 nitrogen and oxygen atoms in total. The molecule has 0 spiro atoms. The Morgan fingerprint density at radius 1 is 0.473 bits per heavy atom. The van der Waals surface area contributed by atoms with Crippen LogP contribution in [0.3, 0.4) is 0 Å². The molecule has 0 bridgehead atoms. The van der Waals surface area contributed by atoms with Gasteiger partial charge in [-0.25, -0.2) is 15.0 Å². The molecule has 0 saturated heterocycles. The van der Waals surface area contributed by atoms with E-state index in [1.807, 2.05) is 85.1 Å². The van der Waals surface area contributed by atoms with E-state index >= 15 is 0 Å². The van der Waals surface area contributed by atoms with Crippen LogP contribution in [0.1, 0.15) is 13.8 Å². The normalized spacial score (nSPS) is 13.9. The van der Waals surface area contributed by atoms with Gasteiger partial charge in [-0.3, -0.25) is 4.98 Å². The fourth-order valence-electron chi connectivity index (χ4n) is 7.77. The summed E-state index contributed by atoms with van der Waals surface area (Å²) >= 11 is 0. The Bertz CT molecular complexity index is 2910. The van der Waals surface area contributed by atoms with Crippen LogP contribution in [-0.2, 0) is 0 Å². The number of hydrogen-bond donors (Lipinski definition) is 0. The summed E-state index contributed by atoms with van der Waals surface area (Å²) in [6, 6.07) is 53.0. The maximum Gasteiger partial charge on any atom is 0.164 e. The number of pyridine rings is 1. The average Bonchev–Trinajstić information content (AvgIpc) is 3.61. The van der Waals surface area contributed by atoms with Crippen LogP contribution in [0.15, 0.2) is 182 Å². The average molecular weight is 705 g/mol. The fraction of sp³-hybridized carbons (Fsp3) is 0.0588. The van der Waals surface area contributed by atoms with Gasteiger partial charge in [0.05, 0.1) is 5.69 Å². The van der Waals surface area contributed by atoms with Crippen LogP contribution in [-0.4, -0.2) is 19.9 Å². The molecule has 0 saturated carbocycles. The summed E-state index contributed by atoms with van der Waals surface area (Å²) in [7, 11) is 0. The number of nitrogens with zero attached hydrogens (tertiary/aromatic N) is 4. The monoisotopic (exact) mass is 704 g/mol. The summed E-state index contributed by atoms with van der Waals surface area (Å²) in [5, 5.41) is 5.04. The van der Waals surface area contributed by atoms with Gasteiger partial charge >= 0.3 is 0 Å². The van der Waals surface area contributed by atoms with Crippen molar-refractivity contribution in [2.45, 2.75) is 13.8 Å². The van der Waals surface area contributed by atoms with Crippen LogP contribution in [0.2, 0.25) is 0 Å². The summed E-state index contributed by atoms with van der Waals surface area (Å²) in [4.78, 5) is 19.8. The van der Waals surface area contributed by atoms with Gasteiger partial charge < -0.3 is 0 Å². The van der Waals surface area contributed by atoms with E-state index in [-0.39, 0.29) is 5.41 Å². The lowest BCUT2D eigenvalue weighted by molar-refractivity contribution is 0.621. The highest BCUT2D eigenvalue weighted by Gasteiger charge is 2.22. The Balaban J connectivity index is 1.18. The summed E-state index contributed by atoms with van der Waals surface area (Å²) in [5.41, 5.74) is 11.8. The molecule has 0 N–H and O–H groups in total. The molecule has 2 heterocycles. The molecule has 260 valence electrons. The largest absolute Gasteiger partial charge is 0.256 e. The zero-order valence-electron chi connectivity index (χ0n) is 30.6. The third kappa shape index (κ3) is 6.18. The van der Waals surface area contributed by atoms with Crippen molar-refractivity contribution >= 4 is 22.4 Å². The van der Waals surface area contributed by atoms with Gasteiger partial charge in [-0.15, -0.1) is 0 Å². The predicted molar refractivity (Wildman–Crippen MR) is 226 cm³/mol. The molecular weight excluding hydrogens is 669 g/mol. The van der Waals surface area contributed by atoms with Gasteiger partial charge in [0.2, 0.25) is 0 Å². The second-order valence-corrected chi connectivity index (χ2v) is 14.9. The van der Waals surface area contributed by atoms with E-state index in [1.165, 1.54) is 32.4 Å². The number of benzene rings is 6. The van der Waals surface area contributed by atoms with E-state index in [0.717, 1.165) is 50.2 Å². The molecule has 0 fully saturated rings. The molecule has 4 heteroatoms. The lowest BCUT2D eigenvalue weighted by atomic mass is 9.83. The Kier molecular flexibility index (Phi) is 7.77. The zero-order valence-corrected chi connectivity index (χ0v) is 30.6. The summed E-state index contributed by atoms with van der Waals surface area (Å²) < 4.78 is 0. The van der Waals surface area contributed by atoms with Gasteiger partial charge in [0.15, 0.2) is 17.5 Å². The summed E-state index contributed by atoms with van der Waals surface area (Å²) in [6.07, 6.45) is 11.2. The molecule has 0 atom stereocenters. The first-order valence-electron chi connectivity index (χ1n) is 18.7. The van der Waals surface area contributed by atoms with Crippen LogP contribution in [0.25, 0.3) is 90.1 Å². The predicted octanol–water partition coefficient (Wildman–Crippen LogP) is 10.9. The summed E-state index contributed by atoms with van der Waals surface area (Å²) in [6.45, 7) is 4.52.